The van der Waals surface area contributed by atoms with Crippen LogP contribution in [0, 0.1) is 5.92 Å². The molecule has 2 heterocycles. The van der Waals surface area contributed by atoms with E-state index in [1.165, 1.54) is 5.56 Å². The van der Waals surface area contributed by atoms with Gasteiger partial charge in [-0.15, -0.1) is 10.2 Å². The third-order valence-corrected chi connectivity index (χ3v) is 4.73. The molecule has 6 heteroatoms. The maximum Gasteiger partial charge on any atom is 0.206 e. The minimum Gasteiger partial charge on any atom is -0.493 e. The molecule has 1 aromatic heterocycles. The van der Waals surface area contributed by atoms with Gasteiger partial charge in [-0.05, 0) is 24.1 Å². The van der Waals surface area contributed by atoms with Gasteiger partial charge in [-0.25, -0.2) is 0 Å². The second-order valence-electron chi connectivity index (χ2n) is 5.62. The lowest BCUT2D eigenvalue weighted by atomic mass is 10.0. The quantitative estimate of drug-likeness (QED) is 0.867. The van der Waals surface area contributed by atoms with Gasteiger partial charge in [-0.1, -0.05) is 41.1 Å². The van der Waals surface area contributed by atoms with E-state index in [0.717, 1.165) is 39.8 Å². The summed E-state index contributed by atoms with van der Waals surface area (Å²) >= 11 is 5.17. The highest BCUT2D eigenvalue weighted by Gasteiger charge is 2.22. The van der Waals surface area contributed by atoms with Crippen molar-refractivity contribution in [1.29, 1.82) is 0 Å². The number of hydrogen-bond acceptors (Lipinski definition) is 5. The van der Waals surface area contributed by atoms with Gasteiger partial charge in [0.05, 0.1) is 12.6 Å². The van der Waals surface area contributed by atoms with E-state index in [-0.39, 0.29) is 6.04 Å². The molecule has 2 aromatic rings. The Bertz CT molecular complexity index is 629. The highest BCUT2D eigenvalue weighted by atomic mass is 79.9. The minimum atomic E-state index is 0.228. The summed E-state index contributed by atoms with van der Waals surface area (Å²) in [6.45, 7) is 5.12. The van der Waals surface area contributed by atoms with Crippen molar-refractivity contribution in [3.63, 3.8) is 0 Å². The summed E-state index contributed by atoms with van der Waals surface area (Å²) in [5.41, 5.74) is 1.18. The molecule has 0 saturated heterocycles. The van der Waals surface area contributed by atoms with Crippen molar-refractivity contribution in [2.24, 2.45) is 5.92 Å². The number of rotatable bonds is 4. The van der Waals surface area contributed by atoms with E-state index in [9.17, 15) is 0 Å². The Morgan fingerprint density at radius 1 is 1.43 bits per heavy atom. The Hall–Kier alpha value is -1.14. The monoisotopic (exact) mass is 367 g/mol. The van der Waals surface area contributed by atoms with E-state index in [1.54, 1.807) is 11.3 Å². The smallest absolute Gasteiger partial charge is 0.206 e. The van der Waals surface area contributed by atoms with E-state index >= 15 is 0 Å². The van der Waals surface area contributed by atoms with E-state index < -0.39 is 0 Å². The zero-order valence-electron chi connectivity index (χ0n) is 12.1. The Labute approximate surface area is 137 Å². The van der Waals surface area contributed by atoms with Gasteiger partial charge in [0.2, 0.25) is 5.13 Å². The number of aromatic nitrogens is 2. The van der Waals surface area contributed by atoms with Crippen molar-refractivity contribution in [2.45, 2.75) is 32.7 Å². The lowest BCUT2D eigenvalue weighted by Gasteiger charge is -2.26. The van der Waals surface area contributed by atoms with Gasteiger partial charge < -0.3 is 10.1 Å². The molecule has 0 amide bonds. The van der Waals surface area contributed by atoms with Crippen molar-refractivity contribution >= 4 is 32.4 Å². The number of hydrogen-bond donors (Lipinski definition) is 1. The van der Waals surface area contributed by atoms with Crippen molar-refractivity contribution in [1.82, 2.24) is 10.2 Å². The van der Waals surface area contributed by atoms with Crippen LogP contribution in [0.1, 0.15) is 36.9 Å². The topological polar surface area (TPSA) is 47.0 Å². The van der Waals surface area contributed by atoms with Gasteiger partial charge in [0, 0.05) is 22.9 Å². The van der Waals surface area contributed by atoms with Crippen molar-refractivity contribution < 1.29 is 4.74 Å². The summed E-state index contributed by atoms with van der Waals surface area (Å²) < 4.78 is 6.78. The van der Waals surface area contributed by atoms with Crippen LogP contribution in [0.25, 0.3) is 0 Å². The Morgan fingerprint density at radius 2 is 2.29 bits per heavy atom. The van der Waals surface area contributed by atoms with Crippen LogP contribution < -0.4 is 10.1 Å². The number of anilines is 1. The van der Waals surface area contributed by atoms with Gasteiger partial charge in [-0.2, -0.15) is 0 Å². The number of nitrogens with one attached hydrogen (secondary N) is 1. The number of ether oxygens (including phenoxy) is 1. The van der Waals surface area contributed by atoms with Gasteiger partial charge in [0.25, 0.3) is 0 Å². The predicted octanol–water partition coefficient (Wildman–Crippen LogP) is 4.43. The van der Waals surface area contributed by atoms with Gasteiger partial charge in [0.15, 0.2) is 0 Å². The molecule has 0 spiro atoms. The molecule has 3 rings (SSSR count). The molecule has 1 aliphatic heterocycles. The normalized spacial score (nSPS) is 17.4. The van der Waals surface area contributed by atoms with Crippen molar-refractivity contribution in [3.05, 3.63) is 33.2 Å². The Morgan fingerprint density at radius 3 is 3.10 bits per heavy atom. The van der Waals surface area contributed by atoms with Gasteiger partial charge >= 0.3 is 0 Å². The maximum atomic E-state index is 5.71. The molecular formula is C15H18BrN3OS. The second-order valence-corrected chi connectivity index (χ2v) is 7.59. The molecule has 1 unspecified atom stereocenters. The zero-order chi connectivity index (χ0) is 14.8. The van der Waals surface area contributed by atoms with Gasteiger partial charge in [-0.3, -0.25) is 0 Å². The summed E-state index contributed by atoms with van der Waals surface area (Å²) in [5, 5.41) is 14.0. The SMILES string of the molecule is CC(C)Cc1nnc(NC2CCOc3ccc(Br)cc32)s1. The lowest BCUT2D eigenvalue weighted by Crippen LogP contribution is -2.20. The third kappa shape index (κ3) is 3.55. The van der Waals surface area contributed by atoms with E-state index in [2.05, 4.69) is 51.4 Å². The fraction of sp³-hybridized carbons (Fsp3) is 0.467. The van der Waals surface area contributed by atoms with E-state index in [4.69, 9.17) is 4.74 Å². The third-order valence-electron chi connectivity index (χ3n) is 3.36. The van der Waals surface area contributed by atoms with Crippen LogP contribution in [-0.2, 0) is 6.42 Å². The lowest BCUT2D eigenvalue weighted by molar-refractivity contribution is 0.274. The standard InChI is InChI=1S/C15H18BrN3OS/c1-9(2)7-14-18-19-15(21-14)17-12-5-6-20-13-4-3-10(16)8-11(12)13/h3-4,8-9,12H,5-7H2,1-2H3,(H,17,19). The first-order valence-electron chi connectivity index (χ1n) is 7.13. The summed E-state index contributed by atoms with van der Waals surface area (Å²) in [4.78, 5) is 0. The Balaban J connectivity index is 1.77. The molecule has 0 saturated carbocycles. The molecule has 1 atom stereocenters. The molecule has 0 bridgehead atoms. The molecule has 0 aliphatic carbocycles. The summed E-state index contributed by atoms with van der Waals surface area (Å²) in [6.07, 6.45) is 1.91. The predicted molar refractivity (Wildman–Crippen MR) is 89.1 cm³/mol. The van der Waals surface area contributed by atoms with Crippen LogP contribution in [0.15, 0.2) is 22.7 Å². The maximum absolute atomic E-state index is 5.71. The summed E-state index contributed by atoms with van der Waals surface area (Å²) in [7, 11) is 0. The fourth-order valence-electron chi connectivity index (χ4n) is 2.41. The highest BCUT2D eigenvalue weighted by molar-refractivity contribution is 9.10. The van der Waals surface area contributed by atoms with Crippen LogP contribution in [0.2, 0.25) is 0 Å². The molecule has 4 nitrogen and oxygen atoms in total. The number of benzene rings is 1. The molecule has 112 valence electrons. The van der Waals surface area contributed by atoms with Crippen molar-refractivity contribution in [3.8, 4) is 5.75 Å². The average molecular weight is 368 g/mol. The first-order valence-corrected chi connectivity index (χ1v) is 8.74. The number of halogens is 1. The molecular weight excluding hydrogens is 350 g/mol. The Kier molecular flexibility index (Phi) is 4.45. The number of nitrogens with zero attached hydrogens (tertiary/aromatic N) is 2. The highest BCUT2D eigenvalue weighted by Crippen LogP contribution is 2.36. The fourth-order valence-corrected chi connectivity index (χ4v) is 3.79. The molecule has 1 N–H and O–H groups in total. The number of fused-ring (bicyclic) bond motifs is 1. The van der Waals surface area contributed by atoms with E-state index in [0.29, 0.717) is 5.92 Å². The van der Waals surface area contributed by atoms with Crippen LogP contribution in [0.3, 0.4) is 0 Å². The van der Waals surface area contributed by atoms with E-state index in [1.807, 2.05) is 12.1 Å². The first kappa shape index (κ1) is 14.8. The van der Waals surface area contributed by atoms with Crippen LogP contribution in [0.4, 0.5) is 5.13 Å². The molecule has 1 aromatic carbocycles. The molecule has 21 heavy (non-hydrogen) atoms. The minimum absolute atomic E-state index is 0.228. The van der Waals surface area contributed by atoms with Gasteiger partial charge in [0.1, 0.15) is 10.8 Å². The zero-order valence-corrected chi connectivity index (χ0v) is 14.5. The van der Waals surface area contributed by atoms with Crippen LogP contribution in [-0.4, -0.2) is 16.8 Å². The largest absolute Gasteiger partial charge is 0.493 e. The summed E-state index contributed by atoms with van der Waals surface area (Å²) in [6, 6.07) is 6.36. The summed E-state index contributed by atoms with van der Waals surface area (Å²) in [5.74, 6) is 1.56. The average Bonchev–Trinajstić information content (AvgIpc) is 2.86. The molecule has 0 fully saturated rings. The second kappa shape index (κ2) is 6.32. The first-order chi connectivity index (χ1) is 10.1. The molecule has 1 aliphatic rings. The van der Waals surface area contributed by atoms with Crippen LogP contribution >= 0.6 is 27.3 Å². The molecule has 0 radical (unpaired) electrons. The van der Waals surface area contributed by atoms with Crippen LogP contribution in [0.5, 0.6) is 5.75 Å². The van der Waals surface area contributed by atoms with Crippen molar-refractivity contribution in [2.75, 3.05) is 11.9 Å².